The van der Waals surface area contributed by atoms with E-state index in [0.29, 0.717) is 11.4 Å². The van der Waals surface area contributed by atoms with Gasteiger partial charge in [0.05, 0.1) is 4.90 Å². The number of sulfonamides is 1. The van der Waals surface area contributed by atoms with Crippen LogP contribution in [0, 0.1) is 41.9 Å². The van der Waals surface area contributed by atoms with E-state index in [1.165, 1.54) is 12.0 Å². The summed E-state index contributed by atoms with van der Waals surface area (Å²) in [5.41, 5.74) is 2.80. The first-order valence-corrected chi connectivity index (χ1v) is 9.75. The molecule has 114 valence electrons. The van der Waals surface area contributed by atoms with Gasteiger partial charge in [0, 0.05) is 18.5 Å². The molecule has 0 radical (unpaired) electrons. The highest BCUT2D eigenvalue weighted by molar-refractivity contribution is 7.89. The van der Waals surface area contributed by atoms with Crippen molar-refractivity contribution in [3.05, 3.63) is 41.5 Å². The maximum atomic E-state index is 13.0. The number of hydrogen-bond donors (Lipinski definition) is 0. The van der Waals surface area contributed by atoms with E-state index in [-0.39, 0.29) is 5.41 Å². The van der Waals surface area contributed by atoms with E-state index in [4.69, 9.17) is 0 Å². The molecule has 0 aromatic heterocycles. The predicted octanol–water partition coefficient (Wildman–Crippen LogP) is 2.44. The van der Waals surface area contributed by atoms with Crippen molar-refractivity contribution in [2.45, 2.75) is 18.2 Å². The average molecular weight is 313 g/mol. The lowest BCUT2D eigenvalue weighted by molar-refractivity contribution is 0.267. The van der Waals surface area contributed by atoms with E-state index < -0.39 is 10.0 Å². The fourth-order valence-electron chi connectivity index (χ4n) is 6.63. The van der Waals surface area contributed by atoms with Crippen molar-refractivity contribution in [3.8, 4) is 0 Å². The van der Waals surface area contributed by atoms with Crippen LogP contribution in [-0.4, -0.2) is 25.8 Å². The molecule has 1 saturated heterocycles. The molecule has 5 fully saturated rings. The Kier molecular flexibility index (Phi) is 1.88. The van der Waals surface area contributed by atoms with Crippen molar-refractivity contribution in [2.24, 2.45) is 35.0 Å². The van der Waals surface area contributed by atoms with Crippen molar-refractivity contribution < 1.29 is 8.42 Å². The molecule has 5 aliphatic carbocycles. The summed E-state index contributed by atoms with van der Waals surface area (Å²) in [6.45, 7) is 3.37. The standard InChI is InChI=1S/C18H19NO2S/c1-10-2-4-12(5-3-10)22(20,21)19-8-11-6-13-15-7-14-16(13)17(14)18(11,15)9-19/h2-6,13-17H,7-9H2,1H3. The molecule has 6 aliphatic rings. The number of hydrogen-bond acceptors (Lipinski definition) is 2. The van der Waals surface area contributed by atoms with Crippen LogP contribution in [0.3, 0.4) is 0 Å². The van der Waals surface area contributed by atoms with Gasteiger partial charge in [-0.3, -0.25) is 0 Å². The van der Waals surface area contributed by atoms with Crippen molar-refractivity contribution in [3.63, 3.8) is 0 Å². The molecule has 1 aromatic carbocycles. The van der Waals surface area contributed by atoms with Crippen molar-refractivity contribution in [2.75, 3.05) is 13.1 Å². The Hall–Kier alpha value is -1.13. The third kappa shape index (κ3) is 1.10. The van der Waals surface area contributed by atoms with Crippen LogP contribution in [0.1, 0.15) is 12.0 Å². The minimum absolute atomic E-state index is 0.248. The van der Waals surface area contributed by atoms with E-state index in [0.717, 1.165) is 41.7 Å². The maximum Gasteiger partial charge on any atom is 0.243 e. The summed E-state index contributed by atoms with van der Waals surface area (Å²) in [5.74, 6) is 4.22. The average Bonchev–Trinajstić information content (AvgIpc) is 2.87. The molecule has 1 heterocycles. The first-order valence-electron chi connectivity index (χ1n) is 8.31. The van der Waals surface area contributed by atoms with Crippen LogP contribution >= 0.6 is 0 Å². The van der Waals surface area contributed by atoms with E-state index >= 15 is 0 Å². The SMILES string of the molecule is Cc1ccc(S(=O)(=O)N2CC3=CC4C5C6CC4C3(C2)C65)cc1. The van der Waals surface area contributed by atoms with Gasteiger partial charge in [-0.2, -0.15) is 4.31 Å². The highest BCUT2D eigenvalue weighted by Gasteiger charge is 2.83. The van der Waals surface area contributed by atoms with Gasteiger partial charge in [-0.05, 0) is 55.1 Å². The first kappa shape index (κ1) is 12.3. The van der Waals surface area contributed by atoms with Crippen molar-refractivity contribution in [1.29, 1.82) is 0 Å². The fourth-order valence-corrected chi connectivity index (χ4v) is 8.10. The third-order valence-corrected chi connectivity index (χ3v) is 9.16. The quantitative estimate of drug-likeness (QED) is 0.787. The number of rotatable bonds is 2. The number of nitrogens with zero attached hydrogens (tertiary/aromatic N) is 1. The second-order valence-corrected chi connectivity index (χ2v) is 9.94. The van der Waals surface area contributed by atoms with Crippen LogP contribution in [-0.2, 0) is 10.0 Å². The topological polar surface area (TPSA) is 37.4 Å². The Morgan fingerprint density at radius 1 is 1.23 bits per heavy atom. The highest BCUT2D eigenvalue weighted by atomic mass is 32.2. The summed E-state index contributed by atoms with van der Waals surface area (Å²) in [6, 6.07) is 7.28. The Balaban J connectivity index is 1.40. The molecule has 4 saturated carbocycles. The smallest absolute Gasteiger partial charge is 0.207 e. The molecule has 6 atom stereocenters. The van der Waals surface area contributed by atoms with Crippen LogP contribution < -0.4 is 0 Å². The summed E-state index contributed by atoms with van der Waals surface area (Å²) in [4.78, 5) is 0.448. The lowest BCUT2D eigenvalue weighted by Gasteiger charge is -2.27. The van der Waals surface area contributed by atoms with Crippen LogP contribution in [0.4, 0.5) is 0 Å². The van der Waals surface area contributed by atoms with Crippen LogP contribution in [0.2, 0.25) is 0 Å². The molecule has 7 rings (SSSR count). The highest BCUT2D eigenvalue weighted by Crippen LogP contribution is 2.86. The number of benzene rings is 1. The van der Waals surface area contributed by atoms with Gasteiger partial charge < -0.3 is 0 Å². The summed E-state index contributed by atoms with van der Waals surface area (Å²) in [6.07, 6.45) is 3.82. The minimum Gasteiger partial charge on any atom is -0.207 e. The maximum absolute atomic E-state index is 13.0. The normalized spacial score (nSPS) is 47.0. The number of allylic oxidation sites excluding steroid dienone is 1. The van der Waals surface area contributed by atoms with Gasteiger partial charge in [-0.25, -0.2) is 8.42 Å². The molecule has 0 amide bonds. The van der Waals surface area contributed by atoms with Crippen LogP contribution in [0.15, 0.2) is 40.8 Å². The molecule has 4 heteroatoms. The molecular formula is C18H19NO2S. The molecule has 22 heavy (non-hydrogen) atoms. The Morgan fingerprint density at radius 2 is 2.00 bits per heavy atom. The molecule has 6 bridgehead atoms. The van der Waals surface area contributed by atoms with E-state index in [2.05, 4.69) is 6.08 Å². The molecule has 1 spiro atoms. The van der Waals surface area contributed by atoms with Crippen LogP contribution in [0.5, 0.6) is 0 Å². The first-order chi connectivity index (χ1) is 10.5. The second kappa shape index (κ2) is 3.36. The van der Waals surface area contributed by atoms with E-state index in [1.54, 1.807) is 16.4 Å². The van der Waals surface area contributed by atoms with Gasteiger partial charge in [0.25, 0.3) is 0 Å². The Bertz CT molecular complexity index is 840. The predicted molar refractivity (Wildman–Crippen MR) is 82.5 cm³/mol. The zero-order valence-electron chi connectivity index (χ0n) is 12.6. The third-order valence-electron chi connectivity index (χ3n) is 7.36. The molecular weight excluding hydrogens is 294 g/mol. The summed E-state index contributed by atoms with van der Waals surface area (Å²) in [5, 5.41) is 0. The van der Waals surface area contributed by atoms with Crippen LogP contribution in [0.25, 0.3) is 0 Å². The van der Waals surface area contributed by atoms with Gasteiger partial charge in [0.2, 0.25) is 10.0 Å². The van der Waals surface area contributed by atoms with Crippen molar-refractivity contribution >= 4 is 10.0 Å². The summed E-state index contributed by atoms with van der Waals surface area (Å²) in [7, 11) is -3.34. The zero-order valence-corrected chi connectivity index (χ0v) is 13.4. The van der Waals surface area contributed by atoms with Gasteiger partial charge in [-0.15, -0.1) is 0 Å². The van der Waals surface area contributed by atoms with E-state index in [1.807, 2.05) is 19.1 Å². The van der Waals surface area contributed by atoms with E-state index in [9.17, 15) is 8.42 Å². The fraction of sp³-hybridized carbons (Fsp3) is 0.556. The van der Waals surface area contributed by atoms with Gasteiger partial charge in [-0.1, -0.05) is 29.3 Å². The second-order valence-electron chi connectivity index (χ2n) is 8.00. The van der Waals surface area contributed by atoms with Gasteiger partial charge in [0.15, 0.2) is 0 Å². The Morgan fingerprint density at radius 3 is 2.68 bits per heavy atom. The Labute approximate surface area is 131 Å². The lowest BCUT2D eigenvalue weighted by atomic mass is 9.78. The number of aryl methyl sites for hydroxylation is 1. The summed E-state index contributed by atoms with van der Waals surface area (Å²) >= 11 is 0. The molecule has 1 aliphatic heterocycles. The largest absolute Gasteiger partial charge is 0.243 e. The molecule has 6 unspecified atom stereocenters. The molecule has 1 aromatic rings. The van der Waals surface area contributed by atoms with Gasteiger partial charge >= 0.3 is 0 Å². The molecule has 0 N–H and O–H groups in total. The summed E-state index contributed by atoms with van der Waals surface area (Å²) < 4.78 is 27.7. The zero-order chi connectivity index (χ0) is 14.9. The van der Waals surface area contributed by atoms with Crippen molar-refractivity contribution in [1.82, 2.24) is 4.31 Å². The molecule has 3 nitrogen and oxygen atoms in total. The van der Waals surface area contributed by atoms with Gasteiger partial charge in [0.1, 0.15) is 0 Å². The minimum atomic E-state index is -3.34. The lowest BCUT2D eigenvalue weighted by Crippen LogP contribution is -2.34. The monoisotopic (exact) mass is 313 g/mol.